The van der Waals surface area contributed by atoms with Crippen molar-refractivity contribution in [3.8, 4) is 0 Å². The molecule has 1 aliphatic rings. The zero-order chi connectivity index (χ0) is 16.2. The van der Waals surface area contributed by atoms with Gasteiger partial charge in [0.25, 0.3) is 5.56 Å². The molecule has 0 amide bonds. The Morgan fingerprint density at radius 2 is 2.14 bits per heavy atom. The lowest BCUT2D eigenvalue weighted by Gasteiger charge is -2.24. The molecular formula is C16H20N2O3S. The van der Waals surface area contributed by atoms with E-state index in [1.54, 1.807) is 18.3 Å². The SMILES string of the molecule is Cc1nc2sc3c(c2c(=O)n1C(C)(C)C(=O)O)CCC(C)C3. The van der Waals surface area contributed by atoms with Gasteiger partial charge >= 0.3 is 5.97 Å². The van der Waals surface area contributed by atoms with Gasteiger partial charge in [0.05, 0.1) is 5.39 Å². The second-order valence-corrected chi connectivity index (χ2v) is 7.78. The fourth-order valence-corrected chi connectivity index (χ4v) is 4.66. The molecule has 22 heavy (non-hydrogen) atoms. The van der Waals surface area contributed by atoms with Crippen LogP contribution in [0.1, 0.15) is 43.5 Å². The van der Waals surface area contributed by atoms with E-state index >= 15 is 0 Å². The van der Waals surface area contributed by atoms with E-state index in [9.17, 15) is 14.7 Å². The zero-order valence-corrected chi connectivity index (χ0v) is 14.1. The van der Waals surface area contributed by atoms with Gasteiger partial charge in [0, 0.05) is 4.88 Å². The van der Waals surface area contributed by atoms with Crippen LogP contribution < -0.4 is 5.56 Å². The molecule has 1 aliphatic carbocycles. The lowest BCUT2D eigenvalue weighted by molar-refractivity contribution is -0.145. The Balaban J connectivity index is 2.34. The van der Waals surface area contributed by atoms with Gasteiger partial charge in [-0.25, -0.2) is 9.78 Å². The molecule has 6 heteroatoms. The molecule has 0 aromatic carbocycles. The molecule has 1 N–H and O–H groups in total. The lowest BCUT2D eigenvalue weighted by Crippen LogP contribution is -2.44. The summed E-state index contributed by atoms with van der Waals surface area (Å²) in [6, 6.07) is 0. The monoisotopic (exact) mass is 320 g/mol. The molecule has 118 valence electrons. The van der Waals surface area contributed by atoms with Crippen LogP contribution in [0.2, 0.25) is 0 Å². The van der Waals surface area contributed by atoms with E-state index in [-0.39, 0.29) is 5.56 Å². The molecule has 5 nitrogen and oxygen atoms in total. The van der Waals surface area contributed by atoms with E-state index in [0.29, 0.717) is 17.1 Å². The maximum absolute atomic E-state index is 13.0. The highest BCUT2D eigenvalue weighted by Gasteiger charge is 2.34. The van der Waals surface area contributed by atoms with Crippen molar-refractivity contribution >= 4 is 27.5 Å². The van der Waals surface area contributed by atoms with Crippen molar-refractivity contribution in [3.05, 3.63) is 26.6 Å². The van der Waals surface area contributed by atoms with E-state index in [1.165, 1.54) is 23.3 Å². The molecule has 0 bridgehead atoms. The number of rotatable bonds is 2. The fraction of sp³-hybridized carbons (Fsp3) is 0.562. The first-order valence-electron chi connectivity index (χ1n) is 7.51. The number of aliphatic carboxylic acids is 1. The van der Waals surface area contributed by atoms with E-state index in [2.05, 4.69) is 11.9 Å². The van der Waals surface area contributed by atoms with E-state index in [4.69, 9.17) is 0 Å². The van der Waals surface area contributed by atoms with Gasteiger partial charge in [0.1, 0.15) is 16.2 Å². The maximum Gasteiger partial charge on any atom is 0.329 e. The molecule has 0 aliphatic heterocycles. The Morgan fingerprint density at radius 3 is 2.77 bits per heavy atom. The first-order chi connectivity index (χ1) is 10.2. The molecule has 3 rings (SSSR count). The summed E-state index contributed by atoms with van der Waals surface area (Å²) in [5.74, 6) is 0.0486. The van der Waals surface area contributed by atoms with Crippen LogP contribution >= 0.6 is 11.3 Å². The van der Waals surface area contributed by atoms with Crippen LogP contribution in [-0.4, -0.2) is 20.6 Å². The number of carboxylic acid groups (broad SMARTS) is 1. The first-order valence-corrected chi connectivity index (χ1v) is 8.33. The topological polar surface area (TPSA) is 72.2 Å². The standard InChI is InChI=1S/C16H20N2O3S/c1-8-5-6-10-11(7-8)22-13-12(10)14(19)18(9(2)17-13)16(3,4)15(20)21/h8H,5-7H2,1-4H3,(H,20,21). The zero-order valence-electron chi connectivity index (χ0n) is 13.3. The van der Waals surface area contributed by atoms with Crippen LogP contribution in [0.15, 0.2) is 4.79 Å². The molecular weight excluding hydrogens is 300 g/mol. The average molecular weight is 320 g/mol. The number of aromatic nitrogens is 2. The number of fused-ring (bicyclic) bond motifs is 3. The van der Waals surface area contributed by atoms with Crippen molar-refractivity contribution in [2.75, 3.05) is 0 Å². The molecule has 2 heterocycles. The van der Waals surface area contributed by atoms with Gasteiger partial charge < -0.3 is 5.11 Å². The lowest BCUT2D eigenvalue weighted by atomic mass is 9.89. The Kier molecular flexibility index (Phi) is 3.40. The number of carbonyl (C=O) groups is 1. The molecule has 0 saturated carbocycles. The quantitative estimate of drug-likeness (QED) is 0.923. The van der Waals surface area contributed by atoms with Crippen LogP contribution in [0, 0.1) is 12.8 Å². The Hall–Kier alpha value is -1.69. The highest BCUT2D eigenvalue weighted by atomic mass is 32.1. The van der Waals surface area contributed by atoms with Crippen molar-refractivity contribution in [2.45, 2.75) is 52.5 Å². The van der Waals surface area contributed by atoms with Gasteiger partial charge in [-0.15, -0.1) is 11.3 Å². The maximum atomic E-state index is 13.0. The number of hydrogen-bond acceptors (Lipinski definition) is 4. The van der Waals surface area contributed by atoms with Gasteiger partial charge in [-0.3, -0.25) is 9.36 Å². The Labute approximate surface area is 132 Å². The highest BCUT2D eigenvalue weighted by Crippen LogP contribution is 2.36. The largest absolute Gasteiger partial charge is 0.480 e. The van der Waals surface area contributed by atoms with Crippen molar-refractivity contribution < 1.29 is 9.90 Å². The molecule has 2 aromatic rings. The normalized spacial score (nSPS) is 18.5. The van der Waals surface area contributed by atoms with Gasteiger partial charge in [-0.05, 0) is 51.5 Å². The summed E-state index contributed by atoms with van der Waals surface area (Å²) < 4.78 is 1.32. The molecule has 1 atom stereocenters. The minimum Gasteiger partial charge on any atom is -0.480 e. The molecule has 2 aromatic heterocycles. The second kappa shape index (κ2) is 4.91. The van der Waals surface area contributed by atoms with E-state index in [0.717, 1.165) is 29.7 Å². The summed E-state index contributed by atoms with van der Waals surface area (Å²) in [7, 11) is 0. The summed E-state index contributed by atoms with van der Waals surface area (Å²) in [5, 5.41) is 10.1. The molecule has 0 spiro atoms. The molecule has 0 saturated heterocycles. The fourth-order valence-electron chi connectivity index (χ4n) is 3.25. The van der Waals surface area contributed by atoms with Crippen LogP contribution in [-0.2, 0) is 23.2 Å². The third kappa shape index (κ3) is 2.08. The Morgan fingerprint density at radius 1 is 1.45 bits per heavy atom. The van der Waals surface area contributed by atoms with Gasteiger partial charge in [0.15, 0.2) is 0 Å². The minimum atomic E-state index is -1.31. The number of thiophene rings is 1. The first kappa shape index (κ1) is 15.2. The summed E-state index contributed by atoms with van der Waals surface area (Å²) in [6.07, 6.45) is 2.93. The van der Waals surface area contributed by atoms with Crippen LogP contribution in [0.5, 0.6) is 0 Å². The summed E-state index contributed by atoms with van der Waals surface area (Å²) in [4.78, 5) is 31.1. The van der Waals surface area contributed by atoms with Gasteiger partial charge in [-0.2, -0.15) is 0 Å². The number of carboxylic acids is 1. The summed E-state index contributed by atoms with van der Waals surface area (Å²) in [6.45, 7) is 7.00. The number of nitrogens with zero attached hydrogens (tertiary/aromatic N) is 2. The average Bonchev–Trinajstić information content (AvgIpc) is 2.74. The number of hydrogen-bond donors (Lipinski definition) is 1. The van der Waals surface area contributed by atoms with Crippen LogP contribution in [0.4, 0.5) is 0 Å². The Bertz CT molecular complexity index is 832. The van der Waals surface area contributed by atoms with Crippen molar-refractivity contribution in [2.24, 2.45) is 5.92 Å². The van der Waals surface area contributed by atoms with E-state index in [1.807, 2.05) is 0 Å². The minimum absolute atomic E-state index is 0.220. The predicted octanol–water partition coefficient (Wildman–Crippen LogP) is 2.71. The molecule has 0 radical (unpaired) electrons. The van der Waals surface area contributed by atoms with E-state index < -0.39 is 11.5 Å². The number of aryl methyl sites for hydroxylation is 2. The highest BCUT2D eigenvalue weighted by molar-refractivity contribution is 7.18. The van der Waals surface area contributed by atoms with Gasteiger partial charge in [-0.1, -0.05) is 6.92 Å². The molecule has 0 fully saturated rings. The third-order valence-electron chi connectivity index (χ3n) is 4.58. The van der Waals surface area contributed by atoms with Crippen molar-refractivity contribution in [1.82, 2.24) is 9.55 Å². The molecule has 1 unspecified atom stereocenters. The summed E-state index contributed by atoms with van der Waals surface area (Å²) in [5.41, 5.74) is -0.438. The van der Waals surface area contributed by atoms with Gasteiger partial charge in [0.2, 0.25) is 0 Å². The van der Waals surface area contributed by atoms with Crippen molar-refractivity contribution in [1.29, 1.82) is 0 Å². The predicted molar refractivity (Wildman–Crippen MR) is 86.8 cm³/mol. The third-order valence-corrected chi connectivity index (χ3v) is 5.73. The smallest absolute Gasteiger partial charge is 0.329 e. The summed E-state index contributed by atoms with van der Waals surface area (Å²) >= 11 is 1.59. The van der Waals surface area contributed by atoms with Crippen LogP contribution in [0.3, 0.4) is 0 Å². The van der Waals surface area contributed by atoms with Crippen LogP contribution in [0.25, 0.3) is 10.2 Å². The van der Waals surface area contributed by atoms with Crippen molar-refractivity contribution in [3.63, 3.8) is 0 Å². The second-order valence-electron chi connectivity index (χ2n) is 6.70.